The highest BCUT2D eigenvalue weighted by Crippen LogP contribution is 2.66. The van der Waals surface area contributed by atoms with E-state index in [9.17, 15) is 0 Å². The van der Waals surface area contributed by atoms with E-state index in [1.807, 2.05) is 6.07 Å². The third-order valence-electron chi connectivity index (χ3n) is 9.65. The second-order valence-electron chi connectivity index (χ2n) is 11.7. The molecule has 0 bridgehead atoms. The average molecular weight is 548 g/mol. The Bertz CT molecular complexity index is 2290. The molecule has 1 unspecified atom stereocenters. The normalized spacial score (nSPS) is 16.6. The number of fused-ring (bicyclic) bond motifs is 12. The molecule has 2 heterocycles. The van der Waals surface area contributed by atoms with Gasteiger partial charge in [-0.15, -0.1) is 0 Å². The minimum Gasteiger partial charge on any atom is -0.453 e. The fraction of sp³-hybridized carbons (Fsp3) is 0.0244. The lowest BCUT2D eigenvalue weighted by Crippen LogP contribution is -2.37. The average Bonchev–Trinajstić information content (AvgIpc) is 3.36. The topological polar surface area (TPSA) is 12.5 Å². The Labute approximate surface area is 250 Å². The zero-order valence-corrected chi connectivity index (χ0v) is 23.3. The van der Waals surface area contributed by atoms with Gasteiger partial charge in [0.05, 0.1) is 22.5 Å². The molecule has 1 atom stereocenters. The van der Waals surface area contributed by atoms with Crippen LogP contribution in [0.2, 0.25) is 0 Å². The minimum absolute atomic E-state index is 0.499. The fourth-order valence-electron chi connectivity index (χ4n) is 7.99. The number of anilines is 3. The van der Waals surface area contributed by atoms with Crippen LogP contribution >= 0.6 is 0 Å². The molecule has 43 heavy (non-hydrogen) atoms. The van der Waals surface area contributed by atoms with Gasteiger partial charge in [-0.3, -0.25) is 0 Å². The lowest BCUT2D eigenvalue weighted by atomic mass is 9.64. The summed E-state index contributed by atoms with van der Waals surface area (Å²) in [4.78, 5) is 2.42. The molecule has 0 saturated heterocycles. The first-order valence-electron chi connectivity index (χ1n) is 14.9. The maximum absolute atomic E-state index is 6.62. The van der Waals surface area contributed by atoms with Gasteiger partial charge < -0.3 is 9.64 Å². The summed E-state index contributed by atoms with van der Waals surface area (Å²) in [5.74, 6) is 1.77. The van der Waals surface area contributed by atoms with Crippen molar-refractivity contribution < 1.29 is 4.74 Å². The second-order valence-corrected chi connectivity index (χ2v) is 11.7. The summed E-state index contributed by atoms with van der Waals surface area (Å²) in [6.07, 6.45) is 0. The highest BCUT2D eigenvalue weighted by atomic mass is 16.5. The van der Waals surface area contributed by atoms with E-state index < -0.39 is 5.41 Å². The molecule has 1 spiro atoms. The van der Waals surface area contributed by atoms with Crippen LogP contribution in [0, 0.1) is 0 Å². The summed E-state index contributed by atoms with van der Waals surface area (Å²) in [7, 11) is 0. The van der Waals surface area contributed by atoms with Crippen LogP contribution < -0.4 is 9.64 Å². The Balaban J connectivity index is 1.34. The van der Waals surface area contributed by atoms with Crippen molar-refractivity contribution in [2.75, 3.05) is 4.90 Å². The smallest absolute Gasteiger partial charge is 0.151 e. The van der Waals surface area contributed by atoms with Gasteiger partial charge in [0.25, 0.3) is 0 Å². The van der Waals surface area contributed by atoms with E-state index in [0.717, 1.165) is 22.9 Å². The van der Waals surface area contributed by atoms with Gasteiger partial charge in [-0.2, -0.15) is 0 Å². The molecule has 3 aliphatic rings. The molecule has 0 N–H and O–H groups in total. The van der Waals surface area contributed by atoms with E-state index in [0.29, 0.717) is 0 Å². The maximum Gasteiger partial charge on any atom is 0.151 e. The van der Waals surface area contributed by atoms with Crippen molar-refractivity contribution in [1.82, 2.24) is 0 Å². The van der Waals surface area contributed by atoms with E-state index in [2.05, 4.69) is 150 Å². The lowest BCUT2D eigenvalue weighted by molar-refractivity contribution is 0.473. The first kappa shape index (κ1) is 23.0. The monoisotopic (exact) mass is 547 g/mol. The van der Waals surface area contributed by atoms with Gasteiger partial charge in [-0.25, -0.2) is 0 Å². The van der Waals surface area contributed by atoms with Gasteiger partial charge in [0.2, 0.25) is 0 Å². The van der Waals surface area contributed by atoms with Crippen LogP contribution in [-0.2, 0) is 5.41 Å². The molecule has 0 amide bonds. The zero-order chi connectivity index (χ0) is 28.1. The van der Waals surface area contributed by atoms with Crippen molar-refractivity contribution in [1.29, 1.82) is 0 Å². The van der Waals surface area contributed by atoms with Crippen molar-refractivity contribution in [2.45, 2.75) is 5.41 Å². The lowest BCUT2D eigenvalue weighted by Gasteiger charge is -2.47. The number of hydrogen-bond donors (Lipinski definition) is 0. The first-order valence-corrected chi connectivity index (χ1v) is 14.9. The van der Waals surface area contributed by atoms with Gasteiger partial charge in [0, 0.05) is 0 Å². The van der Waals surface area contributed by atoms with Crippen LogP contribution in [0.1, 0.15) is 22.3 Å². The molecule has 7 aromatic carbocycles. The summed E-state index contributed by atoms with van der Waals surface area (Å²) >= 11 is 0. The Morgan fingerprint density at radius 3 is 2.05 bits per heavy atom. The molecular weight excluding hydrogens is 522 g/mol. The summed E-state index contributed by atoms with van der Waals surface area (Å²) < 4.78 is 6.62. The number of nitrogens with zero attached hydrogens (tertiary/aromatic N) is 1. The van der Waals surface area contributed by atoms with Crippen LogP contribution in [0.5, 0.6) is 11.5 Å². The van der Waals surface area contributed by atoms with Gasteiger partial charge >= 0.3 is 0 Å². The van der Waals surface area contributed by atoms with E-state index in [1.165, 1.54) is 61.0 Å². The number of hydrogen-bond acceptors (Lipinski definition) is 2. The molecule has 7 aromatic rings. The summed E-state index contributed by atoms with van der Waals surface area (Å²) in [6.45, 7) is 0. The molecule has 2 heteroatoms. The van der Waals surface area contributed by atoms with Crippen LogP contribution in [-0.4, -0.2) is 0 Å². The van der Waals surface area contributed by atoms with Crippen molar-refractivity contribution in [3.8, 4) is 33.8 Å². The van der Waals surface area contributed by atoms with E-state index in [-0.39, 0.29) is 0 Å². The predicted molar refractivity (Wildman–Crippen MR) is 175 cm³/mol. The second kappa shape index (κ2) is 8.24. The zero-order valence-electron chi connectivity index (χ0n) is 23.3. The fourth-order valence-corrected chi connectivity index (χ4v) is 7.99. The Kier molecular flexibility index (Phi) is 4.41. The molecule has 10 rings (SSSR count). The van der Waals surface area contributed by atoms with Gasteiger partial charge in [0.1, 0.15) is 0 Å². The molecule has 2 aliphatic heterocycles. The molecule has 1 aliphatic carbocycles. The van der Waals surface area contributed by atoms with Gasteiger partial charge in [-0.05, 0) is 85.6 Å². The maximum atomic E-state index is 6.62. The van der Waals surface area contributed by atoms with E-state index >= 15 is 0 Å². The quantitative estimate of drug-likeness (QED) is 0.203. The molecular formula is C41H25NO. The Morgan fingerprint density at radius 2 is 1.09 bits per heavy atom. The first-order chi connectivity index (χ1) is 21.3. The van der Waals surface area contributed by atoms with E-state index in [4.69, 9.17) is 4.74 Å². The SMILES string of the molecule is c1ccc2c(c1)Oc1cccc3c1N2c1ccccc1C31c2ccccc2-c2ccc(-c3cccc4ccccc34)cc21. The molecule has 0 saturated carbocycles. The van der Waals surface area contributed by atoms with Crippen LogP contribution in [0.3, 0.4) is 0 Å². The van der Waals surface area contributed by atoms with Crippen LogP contribution in [0.15, 0.2) is 152 Å². The van der Waals surface area contributed by atoms with Crippen molar-refractivity contribution >= 4 is 27.8 Å². The summed E-state index contributed by atoms with van der Waals surface area (Å²) in [6, 6.07) is 55.3. The highest BCUT2D eigenvalue weighted by molar-refractivity contribution is 6.01. The minimum atomic E-state index is -0.499. The molecule has 2 nitrogen and oxygen atoms in total. The Morgan fingerprint density at radius 1 is 0.442 bits per heavy atom. The molecule has 0 fully saturated rings. The summed E-state index contributed by atoms with van der Waals surface area (Å²) in [5.41, 5.74) is 13.1. The predicted octanol–water partition coefficient (Wildman–Crippen LogP) is 10.8. The number of para-hydroxylation sites is 4. The summed E-state index contributed by atoms with van der Waals surface area (Å²) in [5, 5.41) is 2.52. The molecule has 0 radical (unpaired) electrons. The standard InChI is InChI=1S/C41H25NO/c1-2-13-28-26(11-1)12-9-15-29(28)27-23-24-31-30-14-3-4-16-32(30)41(35(31)25-27)33-17-5-6-19-36(33)42-37-20-7-8-21-38(37)43-39-22-10-18-34(41)40(39)42/h1-25H. The third-order valence-corrected chi connectivity index (χ3v) is 9.65. The van der Waals surface area contributed by atoms with Crippen molar-refractivity contribution in [3.05, 3.63) is 174 Å². The largest absolute Gasteiger partial charge is 0.453 e. The Hall–Kier alpha value is -5.60. The molecule has 200 valence electrons. The van der Waals surface area contributed by atoms with Crippen LogP contribution in [0.25, 0.3) is 33.0 Å². The number of rotatable bonds is 1. The van der Waals surface area contributed by atoms with Gasteiger partial charge in [0.15, 0.2) is 11.5 Å². The van der Waals surface area contributed by atoms with Crippen molar-refractivity contribution in [3.63, 3.8) is 0 Å². The third kappa shape index (κ3) is 2.83. The number of ether oxygens (including phenoxy) is 1. The van der Waals surface area contributed by atoms with Gasteiger partial charge in [-0.1, -0.05) is 121 Å². The van der Waals surface area contributed by atoms with Crippen LogP contribution in [0.4, 0.5) is 17.1 Å². The van der Waals surface area contributed by atoms with Crippen molar-refractivity contribution in [2.24, 2.45) is 0 Å². The number of benzene rings is 7. The highest BCUT2D eigenvalue weighted by Gasteiger charge is 2.53. The molecule has 0 aromatic heterocycles. The van der Waals surface area contributed by atoms with E-state index in [1.54, 1.807) is 0 Å².